The number of anilines is 1. The van der Waals surface area contributed by atoms with Gasteiger partial charge in [-0.25, -0.2) is 0 Å². The molecule has 1 aromatic carbocycles. The van der Waals surface area contributed by atoms with Crippen LogP contribution in [0.1, 0.15) is 45.1 Å². The molecule has 1 aliphatic carbocycles. The lowest BCUT2D eigenvalue weighted by molar-refractivity contribution is 0.293. The molecule has 1 aromatic rings. The third-order valence-corrected chi connectivity index (χ3v) is 5.20. The van der Waals surface area contributed by atoms with E-state index < -0.39 is 0 Å². The van der Waals surface area contributed by atoms with E-state index in [0.29, 0.717) is 5.41 Å². The Hall–Kier alpha value is -0.540. The summed E-state index contributed by atoms with van der Waals surface area (Å²) in [6, 6.07) is 7.63. The minimum absolute atomic E-state index is 0.441. The van der Waals surface area contributed by atoms with Gasteiger partial charge in [-0.3, -0.25) is 0 Å². The van der Waals surface area contributed by atoms with Crippen LogP contribution in [-0.2, 0) is 6.54 Å². The molecule has 2 aliphatic rings. The number of piperidine rings is 1. The second-order valence-corrected chi connectivity index (χ2v) is 7.97. The zero-order valence-corrected chi connectivity index (χ0v) is 14.2. The summed E-state index contributed by atoms with van der Waals surface area (Å²) in [6.07, 6.45) is 5.33. The van der Waals surface area contributed by atoms with E-state index in [9.17, 15) is 0 Å². The third kappa shape index (κ3) is 3.56. The van der Waals surface area contributed by atoms with Gasteiger partial charge in [-0.15, -0.1) is 0 Å². The van der Waals surface area contributed by atoms with Crippen LogP contribution in [0.2, 0.25) is 0 Å². The van der Waals surface area contributed by atoms with Gasteiger partial charge >= 0.3 is 0 Å². The molecule has 1 aliphatic heterocycles. The van der Waals surface area contributed by atoms with Crippen molar-refractivity contribution in [3.63, 3.8) is 0 Å². The van der Waals surface area contributed by atoms with E-state index in [1.54, 1.807) is 0 Å². The maximum Gasteiger partial charge on any atom is 0.0377 e. The number of rotatable bonds is 4. The van der Waals surface area contributed by atoms with Gasteiger partial charge < -0.3 is 10.2 Å². The van der Waals surface area contributed by atoms with Gasteiger partial charge in [0.2, 0.25) is 0 Å². The van der Waals surface area contributed by atoms with Gasteiger partial charge in [0.15, 0.2) is 0 Å². The number of hydrogen-bond acceptors (Lipinski definition) is 2. The minimum atomic E-state index is 0.441. The Kier molecular flexibility index (Phi) is 4.09. The van der Waals surface area contributed by atoms with Gasteiger partial charge in [-0.05, 0) is 48.8 Å². The number of nitrogens with zero attached hydrogens (tertiary/aromatic N) is 1. The largest absolute Gasteiger partial charge is 0.371 e. The van der Waals surface area contributed by atoms with E-state index in [1.807, 2.05) is 0 Å². The second kappa shape index (κ2) is 5.69. The van der Waals surface area contributed by atoms with Crippen molar-refractivity contribution in [2.75, 3.05) is 18.0 Å². The molecule has 1 heterocycles. The Labute approximate surface area is 131 Å². The molecule has 1 N–H and O–H groups in total. The van der Waals surface area contributed by atoms with Crippen LogP contribution in [0.25, 0.3) is 0 Å². The summed E-state index contributed by atoms with van der Waals surface area (Å²) in [5, 5.41) is 3.58. The van der Waals surface area contributed by atoms with Crippen LogP contribution < -0.4 is 10.2 Å². The Morgan fingerprint density at radius 1 is 1.35 bits per heavy atom. The molecule has 0 atom stereocenters. The number of halogens is 1. The topological polar surface area (TPSA) is 15.3 Å². The van der Waals surface area contributed by atoms with Crippen LogP contribution in [0.5, 0.6) is 0 Å². The van der Waals surface area contributed by atoms with E-state index in [1.165, 1.54) is 54.5 Å². The summed E-state index contributed by atoms with van der Waals surface area (Å²) in [4.78, 5) is 2.53. The molecule has 110 valence electrons. The number of nitrogens with one attached hydrogen (secondary N) is 1. The fraction of sp³-hybridized carbons (Fsp3) is 0.647. The molecule has 0 aromatic heterocycles. The first-order valence-electron chi connectivity index (χ1n) is 7.80. The average molecular weight is 337 g/mol. The molecular formula is C17H25BrN2. The van der Waals surface area contributed by atoms with Crippen molar-refractivity contribution in [2.45, 2.75) is 52.1 Å². The molecule has 1 saturated carbocycles. The van der Waals surface area contributed by atoms with Gasteiger partial charge in [0, 0.05) is 35.8 Å². The number of benzene rings is 1. The van der Waals surface area contributed by atoms with Crippen molar-refractivity contribution in [3.8, 4) is 0 Å². The van der Waals surface area contributed by atoms with Gasteiger partial charge in [-0.2, -0.15) is 0 Å². The molecule has 2 nitrogen and oxygen atoms in total. The normalized spacial score (nSPS) is 22.1. The third-order valence-electron chi connectivity index (χ3n) is 4.46. The van der Waals surface area contributed by atoms with Gasteiger partial charge in [0.25, 0.3) is 0 Å². The van der Waals surface area contributed by atoms with E-state index >= 15 is 0 Å². The van der Waals surface area contributed by atoms with Crippen LogP contribution in [0.3, 0.4) is 0 Å². The van der Waals surface area contributed by atoms with E-state index in [4.69, 9.17) is 0 Å². The van der Waals surface area contributed by atoms with Gasteiger partial charge in [0.1, 0.15) is 0 Å². The molecule has 0 radical (unpaired) electrons. The molecular weight excluding hydrogens is 312 g/mol. The highest BCUT2D eigenvalue weighted by atomic mass is 79.9. The zero-order valence-electron chi connectivity index (χ0n) is 12.6. The van der Waals surface area contributed by atoms with Crippen LogP contribution in [-0.4, -0.2) is 19.1 Å². The standard InChI is InChI=1S/C17H25BrN2/c1-17(2)8-3-9-20(12-17)15-7-4-13(16(18)10-15)11-19-14-5-6-14/h4,7,10,14,19H,3,5-6,8-9,11-12H2,1-2H3. The fourth-order valence-electron chi connectivity index (χ4n) is 3.06. The lowest BCUT2D eigenvalue weighted by Gasteiger charge is -2.39. The summed E-state index contributed by atoms with van der Waals surface area (Å²) in [5.41, 5.74) is 3.17. The van der Waals surface area contributed by atoms with Gasteiger partial charge in [0.05, 0.1) is 0 Å². The Morgan fingerprint density at radius 3 is 2.80 bits per heavy atom. The summed E-state index contributed by atoms with van der Waals surface area (Å²) in [7, 11) is 0. The minimum Gasteiger partial charge on any atom is -0.371 e. The Balaban J connectivity index is 1.68. The number of hydrogen-bond donors (Lipinski definition) is 1. The summed E-state index contributed by atoms with van der Waals surface area (Å²) < 4.78 is 1.24. The van der Waals surface area contributed by atoms with E-state index in [-0.39, 0.29) is 0 Å². The van der Waals surface area contributed by atoms with Crippen molar-refractivity contribution < 1.29 is 0 Å². The summed E-state index contributed by atoms with van der Waals surface area (Å²) in [5.74, 6) is 0. The average Bonchev–Trinajstić information content (AvgIpc) is 3.20. The molecule has 0 bridgehead atoms. The molecule has 3 heteroatoms. The van der Waals surface area contributed by atoms with Crippen molar-refractivity contribution in [1.82, 2.24) is 5.32 Å². The monoisotopic (exact) mass is 336 g/mol. The first-order chi connectivity index (χ1) is 9.53. The lowest BCUT2D eigenvalue weighted by Crippen LogP contribution is -2.40. The molecule has 0 unspecified atom stereocenters. The highest BCUT2D eigenvalue weighted by Crippen LogP contribution is 2.33. The van der Waals surface area contributed by atoms with Crippen molar-refractivity contribution >= 4 is 21.6 Å². The molecule has 3 rings (SSSR count). The first-order valence-corrected chi connectivity index (χ1v) is 8.60. The predicted octanol–water partition coefficient (Wildman–Crippen LogP) is 4.33. The molecule has 2 fully saturated rings. The predicted molar refractivity (Wildman–Crippen MR) is 89.2 cm³/mol. The van der Waals surface area contributed by atoms with Crippen LogP contribution in [0.15, 0.2) is 22.7 Å². The van der Waals surface area contributed by atoms with Crippen molar-refractivity contribution in [2.24, 2.45) is 5.41 Å². The van der Waals surface area contributed by atoms with Crippen LogP contribution in [0, 0.1) is 5.41 Å². The smallest absolute Gasteiger partial charge is 0.0377 e. The zero-order chi connectivity index (χ0) is 14.2. The second-order valence-electron chi connectivity index (χ2n) is 7.12. The highest BCUT2D eigenvalue weighted by molar-refractivity contribution is 9.10. The maximum atomic E-state index is 3.75. The van der Waals surface area contributed by atoms with E-state index in [2.05, 4.69) is 58.2 Å². The summed E-state index contributed by atoms with van der Waals surface area (Å²) in [6.45, 7) is 8.09. The lowest BCUT2D eigenvalue weighted by atomic mass is 9.84. The quantitative estimate of drug-likeness (QED) is 0.880. The van der Waals surface area contributed by atoms with Crippen molar-refractivity contribution in [3.05, 3.63) is 28.2 Å². The highest BCUT2D eigenvalue weighted by Gasteiger charge is 2.26. The van der Waals surface area contributed by atoms with Crippen LogP contribution in [0.4, 0.5) is 5.69 Å². The molecule has 20 heavy (non-hydrogen) atoms. The van der Waals surface area contributed by atoms with E-state index in [0.717, 1.165) is 12.6 Å². The SMILES string of the molecule is CC1(C)CCCN(c2ccc(CNC3CC3)c(Br)c2)C1. The van der Waals surface area contributed by atoms with Crippen LogP contribution >= 0.6 is 15.9 Å². The van der Waals surface area contributed by atoms with Gasteiger partial charge in [-0.1, -0.05) is 35.8 Å². The molecule has 0 spiro atoms. The first kappa shape index (κ1) is 14.4. The fourth-order valence-corrected chi connectivity index (χ4v) is 3.57. The molecule has 1 saturated heterocycles. The summed E-state index contributed by atoms with van der Waals surface area (Å²) >= 11 is 3.75. The Morgan fingerprint density at radius 2 is 2.15 bits per heavy atom. The Bertz CT molecular complexity index is 480. The molecule has 0 amide bonds. The van der Waals surface area contributed by atoms with Crippen molar-refractivity contribution in [1.29, 1.82) is 0 Å². The maximum absolute atomic E-state index is 3.75.